The van der Waals surface area contributed by atoms with Crippen LogP contribution in [0.15, 0.2) is 103 Å². The van der Waals surface area contributed by atoms with Crippen LogP contribution in [0.2, 0.25) is 0 Å². The van der Waals surface area contributed by atoms with E-state index in [-0.39, 0.29) is 42.7 Å². The molecule has 6 N–H and O–H groups in total. The monoisotopic (exact) mass is 619 g/mol. The van der Waals surface area contributed by atoms with Crippen molar-refractivity contribution in [2.45, 2.75) is 19.0 Å². The fourth-order valence-corrected chi connectivity index (χ4v) is 4.72. The van der Waals surface area contributed by atoms with E-state index < -0.39 is 0 Å². The molecule has 10 heteroatoms. The summed E-state index contributed by atoms with van der Waals surface area (Å²) in [7, 11) is 1.60. The minimum absolute atomic E-state index is 0. The van der Waals surface area contributed by atoms with Crippen LogP contribution in [0.5, 0.6) is 5.75 Å². The molecule has 0 saturated heterocycles. The number of hydrogen-bond acceptors (Lipinski definition) is 5. The number of nitrogens with two attached hydrogens (primary N) is 1. The summed E-state index contributed by atoms with van der Waals surface area (Å²) in [4.78, 5) is 29.1. The average Bonchev–Trinajstić information content (AvgIpc) is 3.41. The fourth-order valence-electron chi connectivity index (χ4n) is 4.72. The summed E-state index contributed by atoms with van der Waals surface area (Å²) in [5.41, 5.74) is 11.4. The van der Waals surface area contributed by atoms with E-state index >= 15 is 0 Å². The highest BCUT2D eigenvalue weighted by Gasteiger charge is 2.17. The number of rotatable bonds is 11. The van der Waals surface area contributed by atoms with Crippen LogP contribution in [0.1, 0.15) is 31.8 Å². The number of methoxy groups -OCH3 is 1. The van der Waals surface area contributed by atoms with E-state index in [0.29, 0.717) is 47.8 Å². The van der Waals surface area contributed by atoms with E-state index in [1.54, 1.807) is 55.6 Å². The first-order chi connectivity index (χ1) is 20.0. The van der Waals surface area contributed by atoms with E-state index in [1.165, 1.54) is 0 Å². The van der Waals surface area contributed by atoms with Gasteiger partial charge in [0.2, 0.25) is 0 Å². The van der Waals surface area contributed by atoms with Crippen molar-refractivity contribution in [1.82, 2.24) is 15.6 Å². The molecule has 1 aromatic heterocycles. The van der Waals surface area contributed by atoms with Crippen LogP contribution < -0.4 is 26.4 Å². The molecule has 1 atom stereocenters. The maximum atomic E-state index is 13.1. The zero-order chi connectivity index (χ0) is 28.6. The van der Waals surface area contributed by atoms with E-state index in [0.717, 1.165) is 22.0 Å². The van der Waals surface area contributed by atoms with Gasteiger partial charge in [-0.1, -0.05) is 42.5 Å². The number of anilines is 2. The van der Waals surface area contributed by atoms with Crippen molar-refractivity contribution < 1.29 is 14.3 Å². The molecule has 4 aromatic carbocycles. The maximum absolute atomic E-state index is 13.1. The van der Waals surface area contributed by atoms with E-state index in [4.69, 9.17) is 10.5 Å². The van der Waals surface area contributed by atoms with Crippen molar-refractivity contribution in [3.63, 3.8) is 0 Å². The first-order valence-electron chi connectivity index (χ1n) is 13.5. The number of carbonyl (C=O) groups is 2. The molecule has 0 bridgehead atoms. The standard InChI is InChI=1S/C33H33N5O3.2ClH/c1-41-27-16-14-24(15-17-27)32(39)37-26(18-25-20-36-30-8-4-2-6-28(25)30)21-35-19-22-10-12-23(13-11-22)33(40)38-31-9-5-3-7-29(31)34;;/h2-17,20,26,35-36H,18-19,21,34H2,1H3,(H,37,39)(H,38,40);2*1H/t26-;;/m0../s1. The molecule has 0 unspecified atom stereocenters. The van der Waals surface area contributed by atoms with Crippen LogP contribution in [0.3, 0.4) is 0 Å². The van der Waals surface area contributed by atoms with Gasteiger partial charge in [-0.05, 0) is 72.1 Å². The second kappa shape index (κ2) is 15.7. The van der Waals surface area contributed by atoms with Gasteiger partial charge in [0.15, 0.2) is 0 Å². The van der Waals surface area contributed by atoms with Crippen molar-refractivity contribution >= 4 is 58.9 Å². The Balaban J connectivity index is 0.00000253. The molecule has 0 fully saturated rings. The smallest absolute Gasteiger partial charge is 0.255 e. The van der Waals surface area contributed by atoms with Crippen LogP contribution in [0.4, 0.5) is 11.4 Å². The van der Waals surface area contributed by atoms with Crippen LogP contribution in [0.25, 0.3) is 10.9 Å². The highest BCUT2D eigenvalue weighted by molar-refractivity contribution is 6.05. The number of hydrogen-bond donors (Lipinski definition) is 5. The van der Waals surface area contributed by atoms with Gasteiger partial charge in [0.25, 0.3) is 11.8 Å². The van der Waals surface area contributed by atoms with E-state index in [1.807, 2.05) is 48.7 Å². The summed E-state index contributed by atoms with van der Waals surface area (Å²) in [6.45, 7) is 1.13. The summed E-state index contributed by atoms with van der Waals surface area (Å²) in [5.74, 6) is 0.336. The van der Waals surface area contributed by atoms with Gasteiger partial charge in [-0.25, -0.2) is 0 Å². The van der Waals surface area contributed by atoms with Crippen molar-refractivity contribution in [1.29, 1.82) is 0 Å². The predicted octanol–water partition coefficient (Wildman–Crippen LogP) is 5.99. The molecule has 1 heterocycles. The van der Waals surface area contributed by atoms with Crippen LogP contribution in [0, 0.1) is 0 Å². The van der Waals surface area contributed by atoms with Gasteiger partial charge in [-0.15, -0.1) is 24.8 Å². The molecular weight excluding hydrogens is 585 g/mol. The second-order valence-corrected chi connectivity index (χ2v) is 9.83. The molecule has 5 aromatic rings. The van der Waals surface area contributed by atoms with Crippen molar-refractivity contribution in [3.05, 3.63) is 126 Å². The van der Waals surface area contributed by atoms with Crippen LogP contribution in [-0.4, -0.2) is 36.5 Å². The third-order valence-corrected chi connectivity index (χ3v) is 6.97. The molecule has 8 nitrogen and oxygen atoms in total. The Morgan fingerprint density at radius 1 is 0.837 bits per heavy atom. The number of fused-ring (bicyclic) bond motifs is 1. The quantitative estimate of drug-likeness (QED) is 0.116. The number of carbonyl (C=O) groups excluding carboxylic acids is 2. The molecule has 0 radical (unpaired) electrons. The van der Waals surface area contributed by atoms with Crippen molar-refractivity contribution in [2.75, 3.05) is 24.7 Å². The van der Waals surface area contributed by atoms with Crippen molar-refractivity contribution in [3.8, 4) is 5.75 Å². The number of H-pyrrole nitrogens is 1. The molecule has 0 spiro atoms. The Bertz CT molecular complexity index is 1640. The van der Waals surface area contributed by atoms with Crippen LogP contribution in [-0.2, 0) is 13.0 Å². The lowest BCUT2D eigenvalue weighted by molar-refractivity contribution is 0.0935. The lowest BCUT2D eigenvalue weighted by atomic mass is 10.0. The van der Waals surface area contributed by atoms with Crippen LogP contribution >= 0.6 is 24.8 Å². The van der Waals surface area contributed by atoms with E-state index in [2.05, 4.69) is 27.0 Å². The molecule has 0 aliphatic rings. The molecule has 0 aliphatic carbocycles. The zero-order valence-corrected chi connectivity index (χ0v) is 25.3. The number of amides is 2. The number of aromatic nitrogens is 1. The highest BCUT2D eigenvalue weighted by atomic mass is 35.5. The van der Waals surface area contributed by atoms with Gasteiger partial charge in [0.05, 0.1) is 18.5 Å². The number of nitrogens with one attached hydrogen (secondary N) is 4. The number of halogens is 2. The first kappa shape index (κ1) is 33.0. The third-order valence-electron chi connectivity index (χ3n) is 6.97. The normalized spacial score (nSPS) is 11.1. The Morgan fingerprint density at radius 3 is 2.21 bits per heavy atom. The van der Waals surface area contributed by atoms with Crippen molar-refractivity contribution in [2.24, 2.45) is 0 Å². The Hall–Kier alpha value is -4.50. The predicted molar refractivity (Wildman–Crippen MR) is 178 cm³/mol. The molecule has 43 heavy (non-hydrogen) atoms. The largest absolute Gasteiger partial charge is 0.497 e. The Labute approximate surface area is 263 Å². The molecule has 5 rings (SSSR count). The van der Waals surface area contributed by atoms with Gasteiger partial charge in [0.1, 0.15) is 5.75 Å². The van der Waals surface area contributed by atoms with Gasteiger partial charge >= 0.3 is 0 Å². The van der Waals surface area contributed by atoms with E-state index in [9.17, 15) is 9.59 Å². The zero-order valence-electron chi connectivity index (χ0n) is 23.6. The number of ether oxygens (including phenoxy) is 1. The summed E-state index contributed by atoms with van der Waals surface area (Å²) in [6, 6.07) is 29.6. The van der Waals surface area contributed by atoms with Gasteiger partial charge in [-0.3, -0.25) is 9.59 Å². The Morgan fingerprint density at radius 2 is 1.49 bits per heavy atom. The lowest BCUT2D eigenvalue weighted by Gasteiger charge is -2.20. The SMILES string of the molecule is COc1ccc(C(=O)N[C@H](CNCc2ccc(C(=O)Nc3ccccc3N)cc2)Cc2c[nH]c3ccccc23)cc1.Cl.Cl. The molecule has 0 saturated carbocycles. The number of benzene rings is 4. The minimum Gasteiger partial charge on any atom is -0.497 e. The molecule has 2 amide bonds. The first-order valence-corrected chi connectivity index (χ1v) is 13.5. The Kier molecular flexibility index (Phi) is 12.0. The summed E-state index contributed by atoms with van der Waals surface area (Å²) < 4.78 is 5.22. The lowest BCUT2D eigenvalue weighted by Crippen LogP contribution is -2.43. The molecule has 224 valence electrons. The van der Waals surface area contributed by atoms with Gasteiger partial charge < -0.3 is 31.4 Å². The second-order valence-electron chi connectivity index (χ2n) is 9.83. The summed E-state index contributed by atoms with van der Waals surface area (Å²) >= 11 is 0. The number of nitrogen functional groups attached to an aromatic ring is 1. The molecule has 0 aliphatic heterocycles. The number of para-hydroxylation sites is 3. The fraction of sp³-hybridized carbons (Fsp3) is 0.152. The average molecular weight is 621 g/mol. The van der Waals surface area contributed by atoms with Gasteiger partial charge in [0, 0.05) is 47.4 Å². The minimum atomic E-state index is -0.220. The highest BCUT2D eigenvalue weighted by Crippen LogP contribution is 2.20. The third kappa shape index (κ3) is 8.51. The summed E-state index contributed by atoms with van der Waals surface area (Å²) in [5, 5.41) is 10.7. The number of aromatic amines is 1. The topological polar surface area (TPSA) is 121 Å². The maximum Gasteiger partial charge on any atom is 0.255 e. The van der Waals surface area contributed by atoms with Gasteiger partial charge in [-0.2, -0.15) is 0 Å². The summed E-state index contributed by atoms with van der Waals surface area (Å²) in [6.07, 6.45) is 2.66. The molecular formula is C33H35Cl2N5O3.